The minimum absolute atomic E-state index is 0.0187. The molecule has 6 nitrogen and oxygen atoms in total. The summed E-state index contributed by atoms with van der Waals surface area (Å²) in [6, 6.07) is 3.37. The molecule has 0 radical (unpaired) electrons. The van der Waals surface area contributed by atoms with Crippen molar-refractivity contribution in [2.24, 2.45) is 0 Å². The van der Waals surface area contributed by atoms with Crippen LogP contribution in [0.3, 0.4) is 0 Å². The number of rotatable bonds is 7. The van der Waals surface area contributed by atoms with E-state index >= 15 is 0 Å². The predicted octanol–water partition coefficient (Wildman–Crippen LogP) is 6.74. The van der Waals surface area contributed by atoms with Crippen molar-refractivity contribution in [1.29, 1.82) is 0 Å². The number of alkyl halides is 3. The highest BCUT2D eigenvalue weighted by Gasteiger charge is 2.34. The monoisotopic (exact) mass is 547 g/mol. The third-order valence-electron chi connectivity index (χ3n) is 6.38. The van der Waals surface area contributed by atoms with Crippen molar-refractivity contribution in [1.82, 2.24) is 19.7 Å². The lowest BCUT2D eigenvalue weighted by atomic mass is 10.1. The van der Waals surface area contributed by atoms with Crippen LogP contribution >= 0.6 is 0 Å². The molecule has 216 valence electrons. The molecule has 0 aromatic carbocycles. The molecule has 0 atom stereocenters. The van der Waals surface area contributed by atoms with Gasteiger partial charge in [-0.05, 0) is 63.3 Å². The molecule has 0 saturated carbocycles. The van der Waals surface area contributed by atoms with Gasteiger partial charge in [-0.15, -0.1) is 0 Å². The average Bonchev–Trinajstić information content (AvgIpc) is 3.25. The zero-order valence-corrected chi connectivity index (χ0v) is 24.3. The fraction of sp³-hybridized carbons (Fsp3) is 0.567. The van der Waals surface area contributed by atoms with Crippen molar-refractivity contribution in [3.05, 3.63) is 58.8 Å². The number of Topliss-reactive ketones (excluding diaryl/α,β-unsaturated/α-hetero) is 1. The summed E-state index contributed by atoms with van der Waals surface area (Å²) in [6.07, 6.45) is 6.40. The molecule has 1 aliphatic rings. The van der Waals surface area contributed by atoms with Crippen LogP contribution in [0, 0.1) is 13.8 Å². The first-order valence-electron chi connectivity index (χ1n) is 14.0. The van der Waals surface area contributed by atoms with Gasteiger partial charge in [0.1, 0.15) is 11.4 Å². The number of carbonyl (C=O) groups excluding carboxylic acids is 1. The number of hydrogen-bond acceptors (Lipinski definition) is 5. The number of pyridine rings is 2. The van der Waals surface area contributed by atoms with Gasteiger partial charge >= 0.3 is 6.18 Å². The number of nitrogens with zero attached hydrogens (tertiary/aromatic N) is 4. The van der Waals surface area contributed by atoms with Gasteiger partial charge < -0.3 is 19.4 Å². The van der Waals surface area contributed by atoms with Crippen molar-refractivity contribution < 1.29 is 18.0 Å². The van der Waals surface area contributed by atoms with Gasteiger partial charge in [-0.2, -0.15) is 13.2 Å². The Morgan fingerprint density at radius 2 is 1.69 bits per heavy atom. The zero-order valence-electron chi connectivity index (χ0n) is 24.3. The largest absolute Gasteiger partial charge is 0.419 e. The van der Waals surface area contributed by atoms with E-state index in [1.54, 1.807) is 26.2 Å². The lowest BCUT2D eigenvalue weighted by Gasteiger charge is -2.31. The first-order chi connectivity index (χ1) is 18.5. The van der Waals surface area contributed by atoms with Crippen LogP contribution in [0.1, 0.15) is 81.5 Å². The summed E-state index contributed by atoms with van der Waals surface area (Å²) in [5.41, 5.74) is 4.63. The van der Waals surface area contributed by atoms with Crippen LogP contribution in [0.5, 0.6) is 0 Å². The maximum atomic E-state index is 12.9. The quantitative estimate of drug-likeness (QED) is 0.355. The topological polar surface area (TPSA) is 62.5 Å². The van der Waals surface area contributed by atoms with Gasteiger partial charge in [-0.25, -0.2) is 4.98 Å². The summed E-state index contributed by atoms with van der Waals surface area (Å²) < 4.78 is 40.1. The second kappa shape index (κ2) is 15.6. The van der Waals surface area contributed by atoms with Crippen LogP contribution in [-0.4, -0.2) is 46.3 Å². The highest BCUT2D eigenvalue weighted by atomic mass is 19.4. The summed E-state index contributed by atoms with van der Waals surface area (Å²) in [4.78, 5) is 20.9. The third-order valence-corrected chi connectivity index (χ3v) is 6.38. The van der Waals surface area contributed by atoms with Crippen LogP contribution in [0.25, 0.3) is 5.65 Å². The maximum Gasteiger partial charge on any atom is 0.419 e. The smallest absolute Gasteiger partial charge is 0.369 e. The van der Waals surface area contributed by atoms with Gasteiger partial charge in [0.15, 0.2) is 0 Å². The molecule has 4 rings (SSSR count). The van der Waals surface area contributed by atoms with Gasteiger partial charge in [0.25, 0.3) is 0 Å². The van der Waals surface area contributed by atoms with E-state index in [4.69, 9.17) is 0 Å². The van der Waals surface area contributed by atoms with Gasteiger partial charge in [0.2, 0.25) is 0 Å². The van der Waals surface area contributed by atoms with Gasteiger partial charge in [-0.3, -0.25) is 4.98 Å². The molecule has 0 aliphatic carbocycles. The molecule has 0 amide bonds. The summed E-state index contributed by atoms with van der Waals surface area (Å²) >= 11 is 0. The molecule has 1 fully saturated rings. The summed E-state index contributed by atoms with van der Waals surface area (Å²) in [6.45, 7) is 16.0. The van der Waals surface area contributed by atoms with E-state index < -0.39 is 11.7 Å². The molecule has 3 aromatic heterocycles. The number of fused-ring (bicyclic) bond motifs is 1. The third kappa shape index (κ3) is 9.95. The Bertz CT molecular complexity index is 1180. The first kappa shape index (κ1) is 32.3. The van der Waals surface area contributed by atoms with E-state index in [0.717, 1.165) is 51.9 Å². The van der Waals surface area contributed by atoms with Crippen molar-refractivity contribution in [3.8, 4) is 0 Å². The van der Waals surface area contributed by atoms with Crippen molar-refractivity contribution in [2.75, 3.05) is 31.1 Å². The molecule has 1 N–H and O–H groups in total. The lowest BCUT2D eigenvalue weighted by Crippen LogP contribution is -2.44. The molecule has 3 aromatic rings. The van der Waals surface area contributed by atoms with E-state index in [0.29, 0.717) is 17.7 Å². The number of carbonyl (C=O) groups is 1. The van der Waals surface area contributed by atoms with E-state index in [2.05, 4.69) is 40.1 Å². The summed E-state index contributed by atoms with van der Waals surface area (Å²) in [7, 11) is 0. The molecule has 0 unspecified atom stereocenters. The van der Waals surface area contributed by atoms with E-state index in [-0.39, 0.29) is 11.4 Å². The van der Waals surface area contributed by atoms with Gasteiger partial charge in [-0.1, -0.05) is 33.6 Å². The van der Waals surface area contributed by atoms with E-state index in [1.165, 1.54) is 33.8 Å². The lowest BCUT2D eigenvalue weighted by molar-refractivity contribution is -0.136. The molecule has 1 saturated heterocycles. The number of hydrogen-bond donors (Lipinski definition) is 1. The van der Waals surface area contributed by atoms with Crippen LogP contribution in [0.15, 0.2) is 30.7 Å². The van der Waals surface area contributed by atoms with Crippen molar-refractivity contribution in [3.63, 3.8) is 0 Å². The molecule has 0 bridgehead atoms. The number of piperazine rings is 1. The molecule has 0 spiro atoms. The second-order valence-corrected chi connectivity index (χ2v) is 9.96. The fourth-order valence-corrected chi connectivity index (χ4v) is 4.61. The average molecular weight is 548 g/mol. The molecule has 1 aliphatic heterocycles. The number of nitrogens with one attached hydrogen (secondary N) is 1. The van der Waals surface area contributed by atoms with Crippen LogP contribution in [0.2, 0.25) is 0 Å². The summed E-state index contributed by atoms with van der Waals surface area (Å²) in [5.74, 6) is 0.289. The Morgan fingerprint density at radius 3 is 2.23 bits per heavy atom. The van der Waals surface area contributed by atoms with E-state index in [1.807, 2.05) is 20.0 Å². The Hall–Kier alpha value is -2.94. The molecule has 39 heavy (non-hydrogen) atoms. The maximum absolute atomic E-state index is 12.9. The van der Waals surface area contributed by atoms with Crippen LogP contribution in [0.4, 0.5) is 18.9 Å². The standard InChI is InChI=1S/C13H21N3.C12H13F3N2.C5H10O/c1-3-4-12-11(2)15-6-5-13(12)16-9-7-14-8-10-16;1-3-4-9-5-10(12(13,14)15)11-16-8(2)6-17(11)7-9;1-3-4-5(2)6/h5-6,14H,3-4,7-10H2,1-2H3;5-7H,3-4H2,1-2H3;3-4H2,1-2H3. The Morgan fingerprint density at radius 1 is 1.03 bits per heavy atom. The molecular formula is C30H44F3N5O. The SMILES string of the molecule is CCCC(C)=O.CCCc1c(N2CCNCC2)ccnc1C.CCCc1cc(C(F)(F)F)c2nc(C)cn2c1. The Labute approximate surface area is 231 Å². The number of aromatic nitrogens is 3. The highest BCUT2D eigenvalue weighted by Crippen LogP contribution is 2.33. The Balaban J connectivity index is 0.000000228. The first-order valence-corrected chi connectivity index (χ1v) is 14.0. The van der Waals surface area contributed by atoms with Crippen LogP contribution < -0.4 is 10.2 Å². The highest BCUT2D eigenvalue weighted by molar-refractivity contribution is 5.75. The number of ketones is 1. The summed E-state index contributed by atoms with van der Waals surface area (Å²) in [5, 5.41) is 3.39. The Kier molecular flexibility index (Phi) is 12.9. The van der Waals surface area contributed by atoms with E-state index in [9.17, 15) is 18.0 Å². The fourth-order valence-electron chi connectivity index (χ4n) is 4.61. The van der Waals surface area contributed by atoms with Gasteiger partial charge in [0.05, 0.1) is 11.3 Å². The second-order valence-electron chi connectivity index (χ2n) is 9.96. The number of halogens is 3. The van der Waals surface area contributed by atoms with Crippen LogP contribution in [-0.2, 0) is 23.8 Å². The zero-order chi connectivity index (χ0) is 29.0. The molecule has 9 heteroatoms. The van der Waals surface area contributed by atoms with Gasteiger partial charge in [0, 0.05) is 62.6 Å². The predicted molar refractivity (Wildman–Crippen MR) is 153 cm³/mol. The van der Waals surface area contributed by atoms with Crippen molar-refractivity contribution >= 4 is 17.1 Å². The van der Waals surface area contributed by atoms with Crippen molar-refractivity contribution in [2.45, 2.75) is 86.2 Å². The number of aryl methyl sites for hydroxylation is 3. The minimum Gasteiger partial charge on any atom is -0.369 e. The molecule has 4 heterocycles. The molecular weight excluding hydrogens is 503 g/mol. The number of imidazole rings is 1. The normalized spacial score (nSPS) is 13.4. The number of anilines is 1. The minimum atomic E-state index is -4.36.